The van der Waals surface area contributed by atoms with E-state index in [1.54, 1.807) is 0 Å². The molecule has 11 rings (SSSR count). The number of aromatic nitrogens is 4. The van der Waals surface area contributed by atoms with Crippen LogP contribution in [0.15, 0.2) is 162 Å². The van der Waals surface area contributed by atoms with Crippen LogP contribution in [-0.4, -0.2) is 19.5 Å². The first-order valence-electron chi connectivity index (χ1n) is 16.9. The van der Waals surface area contributed by atoms with Gasteiger partial charge in [0.1, 0.15) is 11.2 Å². The molecule has 51 heavy (non-hydrogen) atoms. The normalized spacial score (nSPS) is 11.9. The van der Waals surface area contributed by atoms with E-state index in [0.29, 0.717) is 17.5 Å². The van der Waals surface area contributed by atoms with Gasteiger partial charge in [-0.1, -0.05) is 84.9 Å². The van der Waals surface area contributed by atoms with Crippen molar-refractivity contribution < 1.29 is 4.42 Å². The van der Waals surface area contributed by atoms with E-state index in [-0.39, 0.29) is 0 Å². The summed E-state index contributed by atoms with van der Waals surface area (Å²) < 4.78 is 11.2. The highest BCUT2D eigenvalue weighted by atomic mass is 32.1. The summed E-state index contributed by atoms with van der Waals surface area (Å²) in [6, 6.07) is 54.9. The van der Waals surface area contributed by atoms with Crippen LogP contribution in [0.5, 0.6) is 0 Å². The predicted octanol–water partition coefficient (Wildman–Crippen LogP) is 12.2. The SMILES string of the molecule is c1ccc(-c2nc(-c3ccc(-n4c5ccccc5c5ccccc54)cc3)nc(-c3ccc4oc5ccc6sc7ccccc7c6c5c4c3)n2)cc1. The van der Waals surface area contributed by atoms with Gasteiger partial charge in [-0.15, -0.1) is 11.3 Å². The minimum absolute atomic E-state index is 0.615. The lowest BCUT2D eigenvalue weighted by Gasteiger charge is -2.11. The quantitative estimate of drug-likeness (QED) is 0.187. The van der Waals surface area contributed by atoms with E-state index in [2.05, 4.69) is 120 Å². The van der Waals surface area contributed by atoms with Gasteiger partial charge in [-0.25, -0.2) is 15.0 Å². The van der Waals surface area contributed by atoms with E-state index < -0.39 is 0 Å². The van der Waals surface area contributed by atoms with Crippen molar-refractivity contribution in [3.8, 4) is 39.9 Å². The Morgan fingerprint density at radius 2 is 0.980 bits per heavy atom. The molecule has 0 unspecified atom stereocenters. The number of fused-ring (bicyclic) bond motifs is 10. The Morgan fingerprint density at radius 1 is 0.412 bits per heavy atom. The number of benzene rings is 7. The molecule has 0 spiro atoms. The standard InChI is InChI=1S/C45H26N4OS/c1-2-10-27(11-3-1)43-46-44(28-18-21-30(22-19-28)49-35-15-7-4-12-31(35)32-13-5-8-16-36(32)49)48-45(47-43)29-20-23-37-34(26-29)41-38(50-37)24-25-40-42(41)33-14-6-9-17-39(33)51-40/h1-26H. The van der Waals surface area contributed by atoms with E-state index in [9.17, 15) is 0 Å². The zero-order valence-corrected chi connectivity index (χ0v) is 27.9. The zero-order valence-electron chi connectivity index (χ0n) is 27.1. The topological polar surface area (TPSA) is 56.7 Å². The molecule has 0 radical (unpaired) electrons. The summed E-state index contributed by atoms with van der Waals surface area (Å²) in [6.07, 6.45) is 0. The molecule has 238 valence electrons. The van der Waals surface area contributed by atoms with Crippen molar-refractivity contribution >= 4 is 75.3 Å². The summed E-state index contributed by atoms with van der Waals surface area (Å²) in [5, 5.41) is 7.13. The number of furan rings is 1. The molecule has 0 aliphatic rings. The summed E-state index contributed by atoms with van der Waals surface area (Å²) in [5.41, 5.74) is 7.91. The van der Waals surface area contributed by atoms with Gasteiger partial charge < -0.3 is 8.98 Å². The van der Waals surface area contributed by atoms with Crippen molar-refractivity contribution in [1.29, 1.82) is 0 Å². The molecule has 11 aromatic rings. The van der Waals surface area contributed by atoms with E-state index in [0.717, 1.165) is 44.3 Å². The van der Waals surface area contributed by atoms with Crippen molar-refractivity contribution in [2.75, 3.05) is 0 Å². The molecule has 0 bridgehead atoms. The fourth-order valence-corrected chi connectivity index (χ4v) is 8.65. The van der Waals surface area contributed by atoms with Crippen LogP contribution in [0.3, 0.4) is 0 Å². The lowest BCUT2D eigenvalue weighted by Crippen LogP contribution is -2.00. The molecule has 0 fully saturated rings. The molecule has 4 heterocycles. The Balaban J connectivity index is 1.08. The van der Waals surface area contributed by atoms with E-state index in [4.69, 9.17) is 19.4 Å². The summed E-state index contributed by atoms with van der Waals surface area (Å²) in [7, 11) is 0. The van der Waals surface area contributed by atoms with Gasteiger partial charge in [0, 0.05) is 64.1 Å². The van der Waals surface area contributed by atoms with Gasteiger partial charge in [0.15, 0.2) is 17.5 Å². The lowest BCUT2D eigenvalue weighted by atomic mass is 10.0. The molecular formula is C45H26N4OS. The van der Waals surface area contributed by atoms with Crippen LogP contribution in [-0.2, 0) is 0 Å². The number of nitrogens with zero attached hydrogens (tertiary/aromatic N) is 4. The Morgan fingerprint density at radius 3 is 1.71 bits per heavy atom. The van der Waals surface area contributed by atoms with E-state index in [1.807, 2.05) is 53.8 Å². The molecule has 0 saturated carbocycles. The number of para-hydroxylation sites is 2. The molecule has 0 saturated heterocycles. The third-order valence-electron chi connectivity index (χ3n) is 9.86. The lowest BCUT2D eigenvalue weighted by molar-refractivity contribution is 0.669. The molecule has 7 aromatic carbocycles. The van der Waals surface area contributed by atoms with Crippen molar-refractivity contribution in [2.45, 2.75) is 0 Å². The first kappa shape index (κ1) is 28.2. The fourth-order valence-electron chi connectivity index (χ4n) is 7.53. The highest BCUT2D eigenvalue weighted by Crippen LogP contribution is 2.43. The van der Waals surface area contributed by atoms with Gasteiger partial charge in [-0.2, -0.15) is 0 Å². The maximum atomic E-state index is 6.40. The molecule has 0 aliphatic carbocycles. The molecule has 4 aromatic heterocycles. The van der Waals surface area contributed by atoms with Gasteiger partial charge in [0.2, 0.25) is 0 Å². The average Bonchev–Trinajstić information content (AvgIpc) is 3.87. The van der Waals surface area contributed by atoms with Crippen LogP contribution in [0.1, 0.15) is 0 Å². The summed E-state index contributed by atoms with van der Waals surface area (Å²) in [5.74, 6) is 1.87. The number of rotatable bonds is 4. The van der Waals surface area contributed by atoms with E-state index in [1.165, 1.54) is 42.0 Å². The summed E-state index contributed by atoms with van der Waals surface area (Å²) in [4.78, 5) is 15.2. The maximum absolute atomic E-state index is 6.40. The molecule has 6 heteroatoms. The van der Waals surface area contributed by atoms with Crippen LogP contribution in [0.25, 0.3) is 104 Å². The van der Waals surface area contributed by atoms with E-state index >= 15 is 0 Å². The number of thiophene rings is 1. The molecule has 0 N–H and O–H groups in total. The first-order chi connectivity index (χ1) is 25.3. The van der Waals surface area contributed by atoms with Crippen LogP contribution < -0.4 is 0 Å². The second-order valence-electron chi connectivity index (χ2n) is 12.8. The second-order valence-corrected chi connectivity index (χ2v) is 13.9. The van der Waals surface area contributed by atoms with Crippen molar-refractivity contribution in [1.82, 2.24) is 19.5 Å². The van der Waals surface area contributed by atoms with Crippen LogP contribution in [0.2, 0.25) is 0 Å². The van der Waals surface area contributed by atoms with Gasteiger partial charge in [0.05, 0.1) is 11.0 Å². The highest BCUT2D eigenvalue weighted by molar-refractivity contribution is 7.26. The molecule has 0 aliphatic heterocycles. The predicted molar refractivity (Wildman–Crippen MR) is 211 cm³/mol. The Labute approximate surface area is 295 Å². The third kappa shape index (κ3) is 4.37. The van der Waals surface area contributed by atoms with Crippen LogP contribution in [0.4, 0.5) is 0 Å². The van der Waals surface area contributed by atoms with Gasteiger partial charge in [0.25, 0.3) is 0 Å². The van der Waals surface area contributed by atoms with Crippen LogP contribution in [0, 0.1) is 0 Å². The van der Waals surface area contributed by atoms with Gasteiger partial charge in [-0.05, 0) is 72.8 Å². The highest BCUT2D eigenvalue weighted by Gasteiger charge is 2.18. The summed E-state index contributed by atoms with van der Waals surface area (Å²) in [6.45, 7) is 0. The number of hydrogen-bond donors (Lipinski definition) is 0. The fraction of sp³-hybridized carbons (Fsp3) is 0. The average molecular weight is 671 g/mol. The third-order valence-corrected chi connectivity index (χ3v) is 11.0. The summed E-state index contributed by atoms with van der Waals surface area (Å²) >= 11 is 1.81. The van der Waals surface area contributed by atoms with Crippen molar-refractivity contribution in [2.24, 2.45) is 0 Å². The second kappa shape index (κ2) is 10.9. The monoisotopic (exact) mass is 670 g/mol. The zero-order chi connectivity index (χ0) is 33.5. The number of hydrogen-bond acceptors (Lipinski definition) is 5. The Bertz CT molecular complexity index is 3080. The molecule has 5 nitrogen and oxygen atoms in total. The van der Waals surface area contributed by atoms with Gasteiger partial charge >= 0.3 is 0 Å². The van der Waals surface area contributed by atoms with Gasteiger partial charge in [-0.3, -0.25) is 0 Å². The minimum atomic E-state index is 0.615. The first-order valence-corrected chi connectivity index (χ1v) is 17.8. The minimum Gasteiger partial charge on any atom is -0.456 e. The van der Waals surface area contributed by atoms with Crippen molar-refractivity contribution in [3.05, 3.63) is 158 Å². The molecular weight excluding hydrogens is 645 g/mol. The largest absolute Gasteiger partial charge is 0.456 e. The van der Waals surface area contributed by atoms with Crippen molar-refractivity contribution in [3.63, 3.8) is 0 Å². The smallest absolute Gasteiger partial charge is 0.164 e. The molecule has 0 amide bonds. The Kier molecular flexibility index (Phi) is 6.05. The molecule has 0 atom stereocenters. The van der Waals surface area contributed by atoms with Crippen LogP contribution >= 0.6 is 11.3 Å². The Hall–Kier alpha value is -6.63. The maximum Gasteiger partial charge on any atom is 0.164 e.